The number of likely N-dealkylation sites (tertiary alicyclic amines) is 1. The van der Waals surface area contributed by atoms with E-state index in [2.05, 4.69) is 22.6 Å². The number of fused-ring (bicyclic) bond motifs is 1. The summed E-state index contributed by atoms with van der Waals surface area (Å²) in [7, 11) is 2.08. The maximum absolute atomic E-state index is 14.7. The fraction of sp³-hybridized carbons (Fsp3) is 0.556. The van der Waals surface area contributed by atoms with Crippen LogP contribution in [0.4, 0.5) is 18.9 Å². The Morgan fingerprint density at radius 1 is 1.17 bits per heavy atom. The quantitative estimate of drug-likeness (QED) is 0.588. The summed E-state index contributed by atoms with van der Waals surface area (Å²) in [6.07, 6.45) is 3.00. The average molecular weight is 501 g/mol. The highest BCUT2D eigenvalue weighted by atomic mass is 19.3. The van der Waals surface area contributed by atoms with Crippen LogP contribution >= 0.6 is 0 Å². The average Bonchev–Trinajstić information content (AvgIpc) is 3.65. The molecule has 3 aliphatic carbocycles. The number of piperidine rings is 1. The fourth-order valence-electron chi connectivity index (χ4n) is 6.53. The number of carbonyl (C=O) groups is 1. The van der Waals surface area contributed by atoms with Crippen molar-refractivity contribution in [2.24, 2.45) is 17.3 Å². The molecular weight excluding hydrogens is 469 g/mol. The van der Waals surface area contributed by atoms with E-state index in [9.17, 15) is 22.8 Å². The Kier molecular flexibility index (Phi) is 5.48. The first kappa shape index (κ1) is 23.6. The molecule has 1 spiro atoms. The topological polar surface area (TPSA) is 66.4 Å². The molecule has 4 aliphatic rings. The molecule has 5 atom stereocenters. The van der Waals surface area contributed by atoms with Gasteiger partial charge in [0.05, 0.1) is 22.9 Å². The van der Waals surface area contributed by atoms with Gasteiger partial charge in [-0.15, -0.1) is 0 Å². The molecule has 1 aromatic heterocycles. The molecule has 1 saturated heterocycles. The highest BCUT2D eigenvalue weighted by molar-refractivity contribution is 5.99. The number of alkyl halides is 2. The lowest BCUT2D eigenvalue weighted by atomic mass is 9.81. The SMILES string of the molecule is C[C@@H](NC(=O)c1cn([C@@H]2CC23CCC3)c(=O)cc1NC1[C@H]2CN(C)C[C@@H]12)c1cccc(C(F)F)c1F. The summed E-state index contributed by atoms with van der Waals surface area (Å²) < 4.78 is 42.8. The van der Waals surface area contributed by atoms with Crippen LogP contribution in [-0.4, -0.2) is 41.6 Å². The van der Waals surface area contributed by atoms with Gasteiger partial charge in [-0.2, -0.15) is 0 Å². The third-order valence-corrected chi connectivity index (χ3v) is 8.96. The van der Waals surface area contributed by atoms with Gasteiger partial charge in [-0.1, -0.05) is 24.6 Å². The van der Waals surface area contributed by atoms with Crippen molar-refractivity contribution in [1.82, 2.24) is 14.8 Å². The van der Waals surface area contributed by atoms with Gasteiger partial charge in [0.1, 0.15) is 5.82 Å². The van der Waals surface area contributed by atoms with Crippen molar-refractivity contribution in [3.05, 3.63) is 63.3 Å². The summed E-state index contributed by atoms with van der Waals surface area (Å²) in [5, 5.41) is 6.22. The van der Waals surface area contributed by atoms with Gasteiger partial charge in [-0.3, -0.25) is 9.59 Å². The first-order valence-electron chi connectivity index (χ1n) is 12.8. The molecule has 1 aliphatic heterocycles. The first-order chi connectivity index (χ1) is 17.2. The van der Waals surface area contributed by atoms with Crippen LogP contribution < -0.4 is 16.2 Å². The smallest absolute Gasteiger partial charge is 0.266 e. The van der Waals surface area contributed by atoms with Crippen LogP contribution in [0, 0.1) is 23.1 Å². The van der Waals surface area contributed by atoms with Gasteiger partial charge >= 0.3 is 0 Å². The zero-order valence-electron chi connectivity index (χ0n) is 20.4. The van der Waals surface area contributed by atoms with Gasteiger partial charge in [0.2, 0.25) is 0 Å². The molecule has 1 amide bonds. The standard InChI is InChI=1S/C27H31F3N4O2/c1-14(15-5-3-6-16(23(15)28)25(29)30)31-26(36)19-13-34(21-10-27(21)7-4-8-27)22(35)9-20(19)32-24-17-11-33(2)12-18(17)24/h3,5-6,9,13-14,17-18,21,24-25,32H,4,7-8,10-12H2,1-2H3,(H,31,36)/t14-,17-,18+,21-,24?/m1/s1. The highest BCUT2D eigenvalue weighted by Gasteiger charge is 2.59. The molecular formula is C27H31F3N4O2. The monoisotopic (exact) mass is 500 g/mol. The van der Waals surface area contributed by atoms with Crippen LogP contribution in [0.5, 0.6) is 0 Å². The second kappa shape index (κ2) is 8.36. The van der Waals surface area contributed by atoms with Gasteiger partial charge in [-0.25, -0.2) is 13.2 Å². The molecule has 4 fully saturated rings. The van der Waals surface area contributed by atoms with E-state index in [4.69, 9.17) is 0 Å². The predicted molar refractivity (Wildman–Crippen MR) is 130 cm³/mol. The fourth-order valence-corrected chi connectivity index (χ4v) is 6.53. The van der Waals surface area contributed by atoms with Crippen molar-refractivity contribution in [3.63, 3.8) is 0 Å². The number of carbonyl (C=O) groups excluding carboxylic acids is 1. The lowest BCUT2D eigenvalue weighted by Gasteiger charge is -2.27. The Labute approximate surface area is 207 Å². The Hall–Kier alpha value is -2.81. The van der Waals surface area contributed by atoms with Crippen LogP contribution in [0.1, 0.15) is 72.6 Å². The summed E-state index contributed by atoms with van der Waals surface area (Å²) in [6, 6.07) is 4.80. The number of benzene rings is 1. The Balaban J connectivity index is 1.28. The van der Waals surface area contributed by atoms with Crippen LogP contribution in [-0.2, 0) is 0 Å². The van der Waals surface area contributed by atoms with Gasteiger partial charge in [0.15, 0.2) is 0 Å². The number of anilines is 1. The summed E-state index contributed by atoms with van der Waals surface area (Å²) in [5.41, 5.74) is 0.180. The number of pyridine rings is 1. The van der Waals surface area contributed by atoms with Crippen LogP contribution in [0.15, 0.2) is 35.3 Å². The third-order valence-electron chi connectivity index (χ3n) is 8.96. The van der Waals surface area contributed by atoms with Crippen LogP contribution in [0.25, 0.3) is 0 Å². The molecule has 192 valence electrons. The predicted octanol–water partition coefficient (Wildman–Crippen LogP) is 4.50. The molecule has 1 unspecified atom stereocenters. The molecule has 36 heavy (non-hydrogen) atoms. The molecule has 2 heterocycles. The minimum Gasteiger partial charge on any atom is -0.381 e. The number of hydrogen-bond donors (Lipinski definition) is 2. The molecule has 9 heteroatoms. The van der Waals surface area contributed by atoms with Crippen molar-refractivity contribution >= 4 is 11.6 Å². The molecule has 6 rings (SSSR count). The van der Waals surface area contributed by atoms with Crippen molar-refractivity contribution in [2.75, 3.05) is 25.5 Å². The van der Waals surface area contributed by atoms with Gasteiger partial charge in [0.25, 0.3) is 17.9 Å². The highest BCUT2D eigenvalue weighted by Crippen LogP contribution is 2.67. The van der Waals surface area contributed by atoms with Crippen molar-refractivity contribution < 1.29 is 18.0 Å². The van der Waals surface area contributed by atoms with Gasteiger partial charge in [-0.05, 0) is 50.5 Å². The number of rotatable bonds is 7. The maximum Gasteiger partial charge on any atom is 0.266 e. The van der Waals surface area contributed by atoms with Crippen LogP contribution in [0.3, 0.4) is 0 Å². The molecule has 3 saturated carbocycles. The summed E-state index contributed by atoms with van der Waals surface area (Å²) in [6.45, 7) is 3.52. The summed E-state index contributed by atoms with van der Waals surface area (Å²) in [4.78, 5) is 28.8. The minimum absolute atomic E-state index is 0.000596. The largest absolute Gasteiger partial charge is 0.381 e. The molecule has 1 aromatic carbocycles. The molecule has 0 bridgehead atoms. The van der Waals surface area contributed by atoms with E-state index in [1.165, 1.54) is 18.2 Å². The van der Waals surface area contributed by atoms with E-state index in [0.717, 1.165) is 44.8 Å². The second-order valence-electron chi connectivity index (χ2n) is 11.2. The summed E-state index contributed by atoms with van der Waals surface area (Å²) >= 11 is 0. The number of nitrogens with zero attached hydrogens (tertiary/aromatic N) is 2. The van der Waals surface area contributed by atoms with E-state index in [1.54, 1.807) is 17.7 Å². The zero-order chi connectivity index (χ0) is 25.4. The van der Waals surface area contributed by atoms with E-state index in [1.807, 2.05) is 0 Å². The summed E-state index contributed by atoms with van der Waals surface area (Å²) in [5.74, 6) is -0.504. The van der Waals surface area contributed by atoms with Crippen molar-refractivity contribution in [2.45, 2.75) is 57.2 Å². The van der Waals surface area contributed by atoms with E-state index in [0.29, 0.717) is 23.1 Å². The van der Waals surface area contributed by atoms with Crippen molar-refractivity contribution in [3.8, 4) is 0 Å². The number of aromatic nitrogens is 1. The Morgan fingerprint density at radius 2 is 1.86 bits per heavy atom. The zero-order valence-corrected chi connectivity index (χ0v) is 20.4. The third kappa shape index (κ3) is 3.83. The van der Waals surface area contributed by atoms with E-state index in [-0.39, 0.29) is 28.6 Å². The second-order valence-corrected chi connectivity index (χ2v) is 11.2. The Bertz CT molecular complexity index is 1260. The molecule has 6 nitrogen and oxygen atoms in total. The molecule has 0 radical (unpaired) electrons. The van der Waals surface area contributed by atoms with Crippen molar-refractivity contribution in [1.29, 1.82) is 0 Å². The van der Waals surface area contributed by atoms with Crippen LogP contribution in [0.2, 0.25) is 0 Å². The van der Waals surface area contributed by atoms with E-state index < -0.39 is 29.8 Å². The minimum atomic E-state index is -2.94. The normalized spacial score (nSPS) is 28.5. The molecule has 2 aromatic rings. The van der Waals surface area contributed by atoms with Gasteiger partial charge in [0, 0.05) is 43.0 Å². The first-order valence-corrected chi connectivity index (χ1v) is 12.8. The molecule has 2 N–H and O–H groups in total. The number of hydrogen-bond acceptors (Lipinski definition) is 4. The number of nitrogens with one attached hydrogen (secondary N) is 2. The van der Waals surface area contributed by atoms with E-state index >= 15 is 0 Å². The number of amides is 1. The van der Waals surface area contributed by atoms with Gasteiger partial charge < -0.3 is 20.1 Å². The lowest BCUT2D eigenvalue weighted by molar-refractivity contribution is 0.0939. The number of halogens is 3. The lowest BCUT2D eigenvalue weighted by Crippen LogP contribution is -2.32. The maximum atomic E-state index is 14.7. The Morgan fingerprint density at radius 3 is 2.47 bits per heavy atom.